The normalized spacial score (nSPS) is 29.4. The maximum atomic E-state index is 12.9. The van der Waals surface area contributed by atoms with Crippen LogP contribution in [0.25, 0.3) is 0 Å². The number of rotatable bonds is 1. The van der Waals surface area contributed by atoms with Gasteiger partial charge in [0.15, 0.2) is 23.6 Å². The Kier molecular flexibility index (Phi) is 3.00. The topological polar surface area (TPSA) is 54.0 Å². The Morgan fingerprint density at radius 2 is 1.91 bits per heavy atom. The molecule has 4 rings (SSSR count). The fourth-order valence-electron chi connectivity index (χ4n) is 3.47. The van der Waals surface area contributed by atoms with Crippen LogP contribution in [0.2, 0.25) is 0 Å². The van der Waals surface area contributed by atoms with E-state index in [2.05, 4.69) is 0 Å². The van der Waals surface area contributed by atoms with Crippen LogP contribution in [-0.2, 0) is 15.9 Å². The molecule has 3 aliphatic rings. The second-order valence-corrected chi connectivity index (χ2v) is 7.15. The maximum absolute atomic E-state index is 12.9. The zero-order valence-corrected chi connectivity index (χ0v) is 13.0. The third-order valence-electron chi connectivity index (χ3n) is 4.39. The Morgan fingerprint density at radius 3 is 2.64 bits per heavy atom. The van der Waals surface area contributed by atoms with Gasteiger partial charge < -0.3 is 18.9 Å². The lowest BCUT2D eigenvalue weighted by Gasteiger charge is -2.31. The molecule has 1 aromatic rings. The van der Waals surface area contributed by atoms with Gasteiger partial charge in [0.1, 0.15) is 0 Å². The Hall–Kier alpha value is -1.59. The van der Waals surface area contributed by atoms with E-state index >= 15 is 0 Å². The van der Waals surface area contributed by atoms with Gasteiger partial charge in [-0.3, -0.25) is 4.79 Å². The van der Waals surface area contributed by atoms with Crippen LogP contribution >= 0.6 is 0 Å². The number of hydrogen-bond donors (Lipinski definition) is 0. The largest absolute Gasteiger partial charge is 0.454 e. The van der Waals surface area contributed by atoms with Crippen LogP contribution in [0.1, 0.15) is 36.7 Å². The number of ketones is 1. The third-order valence-corrected chi connectivity index (χ3v) is 4.39. The molecular formula is C17H20O5. The highest BCUT2D eigenvalue weighted by molar-refractivity contribution is 6.01. The average Bonchev–Trinajstić information content (AvgIpc) is 3.02. The van der Waals surface area contributed by atoms with Crippen molar-refractivity contribution in [2.24, 2.45) is 11.8 Å². The van der Waals surface area contributed by atoms with Crippen LogP contribution in [0.3, 0.4) is 0 Å². The number of ether oxygens (including phenoxy) is 4. The average molecular weight is 304 g/mol. The van der Waals surface area contributed by atoms with E-state index in [1.54, 1.807) is 0 Å². The minimum absolute atomic E-state index is 0.0938. The molecule has 2 aliphatic heterocycles. The molecule has 5 nitrogen and oxygen atoms in total. The van der Waals surface area contributed by atoms with Crippen LogP contribution in [0, 0.1) is 11.8 Å². The molecule has 0 N–H and O–H groups in total. The summed E-state index contributed by atoms with van der Waals surface area (Å²) < 4.78 is 22.5. The molecule has 0 aromatic heterocycles. The second kappa shape index (κ2) is 4.70. The van der Waals surface area contributed by atoms with Crippen molar-refractivity contribution in [1.82, 2.24) is 0 Å². The molecule has 0 unspecified atom stereocenters. The molecule has 1 saturated heterocycles. The predicted octanol–water partition coefficient (Wildman–Crippen LogP) is 2.56. The van der Waals surface area contributed by atoms with Gasteiger partial charge in [-0.15, -0.1) is 0 Å². The van der Waals surface area contributed by atoms with Crippen LogP contribution in [0.15, 0.2) is 12.1 Å². The van der Waals surface area contributed by atoms with Crippen molar-refractivity contribution in [2.75, 3.05) is 13.4 Å². The van der Waals surface area contributed by atoms with Gasteiger partial charge in [0, 0.05) is 11.5 Å². The number of hydrogen-bond acceptors (Lipinski definition) is 5. The Labute approximate surface area is 129 Å². The second-order valence-electron chi connectivity index (χ2n) is 7.15. The highest BCUT2D eigenvalue weighted by Crippen LogP contribution is 2.44. The van der Waals surface area contributed by atoms with Gasteiger partial charge in [-0.05, 0) is 44.9 Å². The van der Waals surface area contributed by atoms with Crippen molar-refractivity contribution < 1.29 is 23.7 Å². The highest BCUT2D eigenvalue weighted by atomic mass is 16.7. The summed E-state index contributed by atoms with van der Waals surface area (Å²) in [6.07, 6.45) is 0.350. The summed E-state index contributed by atoms with van der Waals surface area (Å²) in [5, 5.41) is 0. The molecule has 118 valence electrons. The van der Waals surface area contributed by atoms with Crippen molar-refractivity contribution in [3.8, 4) is 11.5 Å². The molecule has 5 heteroatoms. The SMILES string of the molecule is CC(C)(C)O[C@H]1OC[C@H]2Cc3cc4c(cc3C(=O)[C@@H]21)OCO4. The molecule has 1 aliphatic carbocycles. The fraction of sp³-hybridized carbons (Fsp3) is 0.588. The number of carbonyl (C=O) groups excluding carboxylic acids is 1. The molecular weight excluding hydrogens is 284 g/mol. The number of benzene rings is 1. The molecule has 1 fully saturated rings. The molecule has 0 radical (unpaired) electrons. The van der Waals surface area contributed by atoms with Crippen molar-refractivity contribution in [3.05, 3.63) is 23.3 Å². The maximum Gasteiger partial charge on any atom is 0.231 e. The molecule has 0 spiro atoms. The predicted molar refractivity (Wildman–Crippen MR) is 78.2 cm³/mol. The monoisotopic (exact) mass is 304 g/mol. The van der Waals surface area contributed by atoms with E-state index in [9.17, 15) is 4.79 Å². The summed E-state index contributed by atoms with van der Waals surface area (Å²) >= 11 is 0. The summed E-state index contributed by atoms with van der Waals surface area (Å²) in [5.74, 6) is 1.42. The number of fused-ring (bicyclic) bond motifs is 3. The number of Topliss-reactive ketones (excluding diaryl/α,β-unsaturated/α-hetero) is 1. The summed E-state index contributed by atoms with van der Waals surface area (Å²) in [5.41, 5.74) is 1.41. The zero-order valence-electron chi connectivity index (χ0n) is 13.0. The zero-order chi connectivity index (χ0) is 15.5. The van der Waals surface area contributed by atoms with E-state index in [-0.39, 0.29) is 30.0 Å². The summed E-state index contributed by atoms with van der Waals surface area (Å²) in [6.45, 7) is 6.71. The van der Waals surface area contributed by atoms with Gasteiger partial charge in [-0.25, -0.2) is 0 Å². The lowest BCUT2D eigenvalue weighted by molar-refractivity contribution is -0.181. The van der Waals surface area contributed by atoms with E-state index in [0.29, 0.717) is 12.4 Å². The standard InChI is InChI=1S/C17H20O5/c1-17(2,3)22-16-14-10(7-19-16)4-9-5-12-13(21-8-20-12)6-11(9)15(14)18/h5-6,10,14,16H,4,7-8H2,1-3H3/t10-,14-,16-/m1/s1. The van der Waals surface area contributed by atoms with E-state index < -0.39 is 6.29 Å². The summed E-state index contributed by atoms with van der Waals surface area (Å²) in [4.78, 5) is 12.9. The molecule has 1 aromatic carbocycles. The van der Waals surface area contributed by atoms with Crippen LogP contribution in [0.5, 0.6) is 11.5 Å². The Bertz CT molecular complexity index is 631. The van der Waals surface area contributed by atoms with E-state index in [0.717, 1.165) is 23.3 Å². The molecule has 0 saturated carbocycles. The molecule has 3 atom stereocenters. The molecule has 0 amide bonds. The quantitative estimate of drug-likeness (QED) is 0.798. The third kappa shape index (κ3) is 2.20. The van der Waals surface area contributed by atoms with Gasteiger partial charge >= 0.3 is 0 Å². The molecule has 0 bridgehead atoms. The van der Waals surface area contributed by atoms with E-state index in [1.807, 2.05) is 32.9 Å². The lowest BCUT2D eigenvalue weighted by atomic mass is 9.76. The first kappa shape index (κ1) is 14.0. The van der Waals surface area contributed by atoms with Crippen LogP contribution in [0.4, 0.5) is 0 Å². The van der Waals surface area contributed by atoms with Gasteiger partial charge in [0.05, 0.1) is 18.1 Å². The van der Waals surface area contributed by atoms with Crippen molar-refractivity contribution >= 4 is 5.78 Å². The van der Waals surface area contributed by atoms with Gasteiger partial charge in [-0.2, -0.15) is 0 Å². The minimum atomic E-state index is -0.462. The van der Waals surface area contributed by atoms with Crippen molar-refractivity contribution in [2.45, 2.75) is 39.1 Å². The van der Waals surface area contributed by atoms with Gasteiger partial charge in [0.2, 0.25) is 6.79 Å². The van der Waals surface area contributed by atoms with E-state index in [4.69, 9.17) is 18.9 Å². The number of carbonyl (C=O) groups is 1. The van der Waals surface area contributed by atoms with Crippen LogP contribution < -0.4 is 9.47 Å². The first-order chi connectivity index (χ1) is 10.4. The highest BCUT2D eigenvalue weighted by Gasteiger charge is 2.48. The van der Waals surface area contributed by atoms with Crippen molar-refractivity contribution in [3.63, 3.8) is 0 Å². The Balaban J connectivity index is 1.68. The van der Waals surface area contributed by atoms with Gasteiger partial charge in [0.25, 0.3) is 0 Å². The van der Waals surface area contributed by atoms with E-state index in [1.165, 1.54) is 0 Å². The first-order valence-electron chi connectivity index (χ1n) is 7.68. The fourth-order valence-corrected chi connectivity index (χ4v) is 3.47. The molecule has 22 heavy (non-hydrogen) atoms. The lowest BCUT2D eigenvalue weighted by Crippen LogP contribution is -2.39. The van der Waals surface area contributed by atoms with Crippen molar-refractivity contribution in [1.29, 1.82) is 0 Å². The van der Waals surface area contributed by atoms with Crippen LogP contribution in [-0.4, -0.2) is 31.1 Å². The first-order valence-corrected chi connectivity index (χ1v) is 7.68. The minimum Gasteiger partial charge on any atom is -0.454 e. The summed E-state index contributed by atoms with van der Waals surface area (Å²) in [7, 11) is 0. The Morgan fingerprint density at radius 1 is 1.18 bits per heavy atom. The smallest absolute Gasteiger partial charge is 0.231 e. The molecule has 2 heterocycles. The summed E-state index contributed by atoms with van der Waals surface area (Å²) in [6, 6.07) is 3.74. The van der Waals surface area contributed by atoms with Gasteiger partial charge in [-0.1, -0.05) is 0 Å².